The lowest BCUT2D eigenvalue weighted by atomic mass is 10.3. The van der Waals surface area contributed by atoms with E-state index >= 15 is 0 Å². The van der Waals surface area contributed by atoms with Crippen LogP contribution in [-0.2, 0) is 7.05 Å². The van der Waals surface area contributed by atoms with Crippen molar-refractivity contribution in [2.75, 3.05) is 5.73 Å². The van der Waals surface area contributed by atoms with Crippen LogP contribution in [0.5, 0.6) is 0 Å². The maximum Gasteiger partial charge on any atom is 0.267 e. The van der Waals surface area contributed by atoms with Gasteiger partial charge >= 0.3 is 0 Å². The Morgan fingerprint density at radius 3 is 2.82 bits per heavy atom. The predicted molar refractivity (Wildman–Crippen MR) is 62.3 cm³/mol. The number of anilines is 1. The number of nitrogens with zero attached hydrogens (tertiary/aromatic N) is 4. The minimum atomic E-state index is -0.593. The van der Waals surface area contributed by atoms with Crippen molar-refractivity contribution in [3.8, 4) is 0 Å². The number of hydrogen-bond acceptors (Lipinski definition) is 6. The molecule has 0 saturated heterocycles. The van der Waals surface area contributed by atoms with Crippen molar-refractivity contribution in [2.24, 2.45) is 12.8 Å². The molecule has 0 fully saturated rings. The zero-order chi connectivity index (χ0) is 12.4. The molecule has 0 atom stereocenters. The molecule has 2 rings (SSSR count). The minimum Gasteiger partial charge on any atom is -0.397 e. The number of pyridine rings is 1. The zero-order valence-corrected chi connectivity index (χ0v) is 9.81. The van der Waals surface area contributed by atoms with Crippen LogP contribution in [0.4, 0.5) is 5.69 Å². The average Bonchev–Trinajstić information content (AvgIpc) is 2.67. The Balaban J connectivity index is 2.35. The van der Waals surface area contributed by atoms with Gasteiger partial charge in [0.25, 0.3) is 5.91 Å². The van der Waals surface area contributed by atoms with E-state index in [4.69, 9.17) is 11.5 Å². The van der Waals surface area contributed by atoms with Gasteiger partial charge in [0.15, 0.2) is 5.16 Å². The Hall–Kier alpha value is -2.09. The lowest BCUT2D eigenvalue weighted by Gasteiger charge is -2.04. The molecule has 0 aliphatic heterocycles. The predicted octanol–water partition coefficient (Wildman–Crippen LogP) is 0.0424. The van der Waals surface area contributed by atoms with Crippen LogP contribution in [0.2, 0.25) is 0 Å². The van der Waals surface area contributed by atoms with E-state index in [1.165, 1.54) is 17.8 Å². The van der Waals surface area contributed by atoms with Crippen molar-refractivity contribution in [1.82, 2.24) is 19.7 Å². The first kappa shape index (κ1) is 11.4. The van der Waals surface area contributed by atoms with Gasteiger partial charge in [-0.2, -0.15) is 0 Å². The Morgan fingerprint density at radius 1 is 1.47 bits per heavy atom. The third-order valence-corrected chi connectivity index (χ3v) is 3.07. The highest BCUT2D eigenvalue weighted by atomic mass is 32.2. The molecule has 7 nitrogen and oxygen atoms in total. The van der Waals surface area contributed by atoms with Crippen LogP contribution >= 0.6 is 11.8 Å². The summed E-state index contributed by atoms with van der Waals surface area (Å²) >= 11 is 1.22. The Labute approximate surface area is 101 Å². The van der Waals surface area contributed by atoms with E-state index in [2.05, 4.69) is 15.2 Å². The van der Waals surface area contributed by atoms with Gasteiger partial charge in [0, 0.05) is 7.05 Å². The molecular formula is C9H10N6OS. The van der Waals surface area contributed by atoms with Gasteiger partial charge in [0.1, 0.15) is 17.0 Å². The summed E-state index contributed by atoms with van der Waals surface area (Å²) in [5.41, 5.74) is 11.5. The number of amides is 1. The third kappa shape index (κ3) is 2.36. The molecule has 0 bridgehead atoms. The standard InChI is InChI=1S/C9H10N6OS/c1-15-4-12-14-9(15)17-8-5(10)2-3-6(13-8)7(11)16/h2-4H,10H2,1H3,(H2,11,16). The molecule has 0 unspecified atom stereocenters. The van der Waals surface area contributed by atoms with Crippen molar-refractivity contribution >= 4 is 23.4 Å². The number of aryl methyl sites for hydroxylation is 1. The summed E-state index contributed by atoms with van der Waals surface area (Å²) in [5.74, 6) is -0.593. The van der Waals surface area contributed by atoms with E-state index in [0.717, 1.165) is 0 Å². The zero-order valence-electron chi connectivity index (χ0n) is 8.99. The second kappa shape index (κ2) is 4.42. The first-order chi connectivity index (χ1) is 8.08. The van der Waals surface area contributed by atoms with Crippen molar-refractivity contribution < 1.29 is 4.79 Å². The van der Waals surface area contributed by atoms with E-state index in [9.17, 15) is 4.79 Å². The van der Waals surface area contributed by atoms with E-state index in [-0.39, 0.29) is 5.69 Å². The first-order valence-electron chi connectivity index (χ1n) is 4.66. The number of nitrogens with two attached hydrogens (primary N) is 2. The number of nitrogen functional groups attached to an aromatic ring is 1. The molecular weight excluding hydrogens is 240 g/mol. The van der Waals surface area contributed by atoms with E-state index in [1.807, 2.05) is 0 Å². The minimum absolute atomic E-state index is 0.170. The van der Waals surface area contributed by atoms with Crippen LogP contribution in [0, 0.1) is 0 Å². The van der Waals surface area contributed by atoms with Crippen LogP contribution in [0.15, 0.2) is 28.6 Å². The van der Waals surface area contributed by atoms with Gasteiger partial charge in [-0.15, -0.1) is 10.2 Å². The van der Waals surface area contributed by atoms with Gasteiger partial charge in [-0.1, -0.05) is 0 Å². The van der Waals surface area contributed by atoms with Crippen LogP contribution in [0.1, 0.15) is 10.5 Å². The number of carbonyl (C=O) groups is 1. The Kier molecular flexibility index (Phi) is 2.96. The number of rotatable bonds is 3. The van der Waals surface area contributed by atoms with Gasteiger partial charge < -0.3 is 16.0 Å². The summed E-state index contributed by atoms with van der Waals surface area (Å²) < 4.78 is 1.72. The topological polar surface area (TPSA) is 113 Å². The van der Waals surface area contributed by atoms with Crippen molar-refractivity contribution in [3.63, 3.8) is 0 Å². The fraction of sp³-hybridized carbons (Fsp3) is 0.111. The molecule has 88 valence electrons. The molecule has 0 saturated carbocycles. The molecule has 0 radical (unpaired) electrons. The highest BCUT2D eigenvalue weighted by Crippen LogP contribution is 2.28. The second-order valence-electron chi connectivity index (χ2n) is 3.28. The summed E-state index contributed by atoms with van der Waals surface area (Å²) in [7, 11) is 1.80. The van der Waals surface area contributed by atoms with Crippen LogP contribution in [0.3, 0.4) is 0 Å². The number of hydrogen-bond donors (Lipinski definition) is 2. The quantitative estimate of drug-likeness (QED) is 0.795. The molecule has 17 heavy (non-hydrogen) atoms. The van der Waals surface area contributed by atoms with Crippen LogP contribution in [0.25, 0.3) is 0 Å². The van der Waals surface area contributed by atoms with Gasteiger partial charge in [-0.3, -0.25) is 4.79 Å². The maximum absolute atomic E-state index is 11.0. The van der Waals surface area contributed by atoms with Crippen molar-refractivity contribution in [3.05, 3.63) is 24.2 Å². The fourth-order valence-corrected chi connectivity index (χ4v) is 1.90. The molecule has 1 amide bonds. The third-order valence-electron chi connectivity index (χ3n) is 2.00. The van der Waals surface area contributed by atoms with Crippen molar-refractivity contribution in [2.45, 2.75) is 10.2 Å². The molecule has 0 aliphatic carbocycles. The lowest BCUT2D eigenvalue weighted by Crippen LogP contribution is -2.13. The van der Waals surface area contributed by atoms with Gasteiger partial charge in [-0.05, 0) is 23.9 Å². The molecule has 0 aliphatic rings. The normalized spacial score (nSPS) is 10.4. The SMILES string of the molecule is Cn1cnnc1Sc1nc(C(N)=O)ccc1N. The van der Waals surface area contributed by atoms with Gasteiger partial charge in [0.2, 0.25) is 0 Å². The second-order valence-corrected chi connectivity index (χ2v) is 4.24. The van der Waals surface area contributed by atoms with Gasteiger partial charge in [0.05, 0.1) is 5.69 Å². The molecule has 0 spiro atoms. The summed E-state index contributed by atoms with van der Waals surface area (Å²) in [4.78, 5) is 15.1. The summed E-state index contributed by atoms with van der Waals surface area (Å²) in [5, 5.41) is 8.74. The number of aromatic nitrogens is 4. The highest BCUT2D eigenvalue weighted by molar-refractivity contribution is 7.99. The maximum atomic E-state index is 11.0. The summed E-state index contributed by atoms with van der Waals surface area (Å²) in [6, 6.07) is 3.07. The molecule has 2 heterocycles. The Morgan fingerprint density at radius 2 is 2.24 bits per heavy atom. The van der Waals surface area contributed by atoms with Crippen LogP contribution in [-0.4, -0.2) is 25.7 Å². The smallest absolute Gasteiger partial charge is 0.267 e. The lowest BCUT2D eigenvalue weighted by molar-refractivity contribution is 0.0995. The van der Waals surface area contributed by atoms with E-state index in [0.29, 0.717) is 15.9 Å². The molecule has 0 aromatic carbocycles. The van der Waals surface area contributed by atoms with Crippen LogP contribution < -0.4 is 11.5 Å². The summed E-state index contributed by atoms with van der Waals surface area (Å²) in [6.45, 7) is 0. The summed E-state index contributed by atoms with van der Waals surface area (Å²) in [6.07, 6.45) is 1.57. The molecule has 2 aromatic rings. The monoisotopic (exact) mass is 250 g/mol. The average molecular weight is 250 g/mol. The highest BCUT2D eigenvalue weighted by Gasteiger charge is 2.11. The Bertz CT molecular complexity index is 566. The molecule has 4 N–H and O–H groups in total. The number of carbonyl (C=O) groups excluding carboxylic acids is 1. The molecule has 2 aromatic heterocycles. The largest absolute Gasteiger partial charge is 0.397 e. The number of primary amides is 1. The van der Waals surface area contributed by atoms with Crippen molar-refractivity contribution in [1.29, 1.82) is 0 Å². The van der Waals surface area contributed by atoms with Gasteiger partial charge in [-0.25, -0.2) is 4.98 Å². The first-order valence-corrected chi connectivity index (χ1v) is 5.47. The van der Waals surface area contributed by atoms with E-state index < -0.39 is 5.91 Å². The molecule has 8 heteroatoms. The van der Waals surface area contributed by atoms with E-state index in [1.54, 1.807) is 24.0 Å². The fourth-order valence-electron chi connectivity index (χ4n) is 1.12.